The Kier molecular flexibility index (Phi) is 4.60. The standard InChI is InChI=1S/C14H14ClNO3/c1-18-9-12-6-7-13(19-12)14(17)16-8-10-2-4-11(15)5-3-10/h2-7H,8-9H2,1H3,(H,16,17). The Morgan fingerprint density at radius 2 is 2.00 bits per heavy atom. The molecule has 5 heteroatoms. The molecule has 0 aliphatic rings. The van der Waals surface area contributed by atoms with Crippen LogP contribution in [0.15, 0.2) is 40.8 Å². The number of hydrogen-bond donors (Lipinski definition) is 1. The Morgan fingerprint density at radius 1 is 1.26 bits per heavy atom. The molecule has 19 heavy (non-hydrogen) atoms. The summed E-state index contributed by atoms with van der Waals surface area (Å²) in [6.07, 6.45) is 0. The lowest BCUT2D eigenvalue weighted by molar-refractivity contribution is 0.0914. The summed E-state index contributed by atoms with van der Waals surface area (Å²) in [4.78, 5) is 11.8. The molecule has 2 aromatic rings. The zero-order chi connectivity index (χ0) is 13.7. The number of carbonyl (C=O) groups excluding carboxylic acids is 1. The van der Waals surface area contributed by atoms with Gasteiger partial charge in [0.15, 0.2) is 5.76 Å². The molecule has 0 aliphatic heterocycles. The van der Waals surface area contributed by atoms with Crippen LogP contribution in [-0.4, -0.2) is 13.0 Å². The van der Waals surface area contributed by atoms with E-state index in [9.17, 15) is 4.79 Å². The highest BCUT2D eigenvalue weighted by Gasteiger charge is 2.10. The highest BCUT2D eigenvalue weighted by Crippen LogP contribution is 2.11. The topological polar surface area (TPSA) is 51.5 Å². The van der Waals surface area contributed by atoms with Crippen molar-refractivity contribution in [3.8, 4) is 0 Å². The Bertz CT molecular complexity index is 548. The normalized spacial score (nSPS) is 10.4. The predicted molar refractivity (Wildman–Crippen MR) is 72.0 cm³/mol. The number of nitrogens with one attached hydrogen (secondary N) is 1. The minimum absolute atomic E-state index is 0.252. The van der Waals surface area contributed by atoms with Gasteiger partial charge in [-0.05, 0) is 29.8 Å². The monoisotopic (exact) mass is 279 g/mol. The minimum Gasteiger partial charge on any atom is -0.453 e. The lowest BCUT2D eigenvalue weighted by Crippen LogP contribution is -2.22. The predicted octanol–water partition coefficient (Wildman–Crippen LogP) is 3.01. The molecule has 0 saturated heterocycles. The minimum atomic E-state index is -0.252. The summed E-state index contributed by atoms with van der Waals surface area (Å²) in [5.41, 5.74) is 0.974. The molecule has 0 bridgehead atoms. The lowest BCUT2D eigenvalue weighted by Gasteiger charge is -2.03. The van der Waals surface area contributed by atoms with Gasteiger partial charge in [0.05, 0.1) is 0 Å². The van der Waals surface area contributed by atoms with Crippen LogP contribution in [0.3, 0.4) is 0 Å². The molecule has 2 rings (SSSR count). The summed E-state index contributed by atoms with van der Waals surface area (Å²) in [5.74, 6) is 0.650. The molecule has 0 fully saturated rings. The second-order valence-corrected chi connectivity index (χ2v) is 4.44. The Hall–Kier alpha value is -1.78. The van der Waals surface area contributed by atoms with Gasteiger partial charge in [-0.3, -0.25) is 4.79 Å². The van der Waals surface area contributed by atoms with Gasteiger partial charge in [0.2, 0.25) is 0 Å². The maximum atomic E-state index is 11.8. The third-order valence-electron chi connectivity index (χ3n) is 2.54. The average Bonchev–Trinajstić information content (AvgIpc) is 2.87. The van der Waals surface area contributed by atoms with Crippen LogP contribution in [0.1, 0.15) is 21.9 Å². The van der Waals surface area contributed by atoms with Gasteiger partial charge in [-0.1, -0.05) is 23.7 Å². The number of amides is 1. The second kappa shape index (κ2) is 6.41. The van der Waals surface area contributed by atoms with E-state index in [1.807, 2.05) is 12.1 Å². The third-order valence-corrected chi connectivity index (χ3v) is 2.79. The SMILES string of the molecule is COCc1ccc(C(=O)NCc2ccc(Cl)cc2)o1. The summed E-state index contributed by atoms with van der Waals surface area (Å²) in [6.45, 7) is 0.779. The number of methoxy groups -OCH3 is 1. The van der Waals surface area contributed by atoms with Crippen molar-refractivity contribution in [3.05, 3.63) is 58.5 Å². The fourth-order valence-corrected chi connectivity index (χ4v) is 1.72. The first kappa shape index (κ1) is 13.6. The Balaban J connectivity index is 1.91. The summed E-state index contributed by atoms with van der Waals surface area (Å²) >= 11 is 5.79. The van der Waals surface area contributed by atoms with Gasteiger partial charge in [-0.2, -0.15) is 0 Å². The van der Waals surface area contributed by atoms with E-state index in [4.69, 9.17) is 20.8 Å². The van der Waals surface area contributed by atoms with Crippen LogP contribution in [0, 0.1) is 0 Å². The molecule has 0 saturated carbocycles. The molecule has 0 atom stereocenters. The lowest BCUT2D eigenvalue weighted by atomic mass is 10.2. The third kappa shape index (κ3) is 3.84. The highest BCUT2D eigenvalue weighted by atomic mass is 35.5. The molecule has 0 radical (unpaired) electrons. The molecular formula is C14H14ClNO3. The molecule has 100 valence electrons. The van der Waals surface area contributed by atoms with Crippen LogP contribution >= 0.6 is 11.6 Å². The fraction of sp³-hybridized carbons (Fsp3) is 0.214. The van der Waals surface area contributed by atoms with Crippen molar-refractivity contribution in [1.29, 1.82) is 0 Å². The summed E-state index contributed by atoms with van der Waals surface area (Å²) in [7, 11) is 1.57. The van der Waals surface area contributed by atoms with E-state index in [1.54, 1.807) is 31.4 Å². The number of halogens is 1. The number of ether oxygens (including phenoxy) is 1. The molecular weight excluding hydrogens is 266 g/mol. The second-order valence-electron chi connectivity index (χ2n) is 4.01. The molecule has 1 aromatic carbocycles. The van der Waals surface area contributed by atoms with E-state index >= 15 is 0 Å². The summed E-state index contributed by atoms with van der Waals surface area (Å²) < 4.78 is 10.3. The first-order chi connectivity index (χ1) is 9.19. The van der Waals surface area contributed by atoms with Crippen LogP contribution in [0.5, 0.6) is 0 Å². The number of furan rings is 1. The summed E-state index contributed by atoms with van der Waals surface area (Å²) in [5, 5.41) is 3.45. The molecule has 0 unspecified atom stereocenters. The van der Waals surface area contributed by atoms with E-state index in [-0.39, 0.29) is 11.7 Å². The van der Waals surface area contributed by atoms with Crippen LogP contribution in [0.2, 0.25) is 5.02 Å². The maximum absolute atomic E-state index is 11.8. The fourth-order valence-electron chi connectivity index (χ4n) is 1.59. The number of carbonyl (C=O) groups is 1. The van der Waals surface area contributed by atoms with E-state index in [0.717, 1.165) is 5.56 Å². The van der Waals surface area contributed by atoms with Gasteiger partial charge >= 0.3 is 0 Å². The Labute approximate surface area is 116 Å². The number of hydrogen-bond acceptors (Lipinski definition) is 3. The molecule has 0 aliphatic carbocycles. The van der Waals surface area contributed by atoms with Gasteiger partial charge in [-0.15, -0.1) is 0 Å². The van der Waals surface area contributed by atoms with Crippen LogP contribution in [0.4, 0.5) is 0 Å². The van der Waals surface area contributed by atoms with Crippen LogP contribution < -0.4 is 5.32 Å². The smallest absolute Gasteiger partial charge is 0.287 e. The quantitative estimate of drug-likeness (QED) is 0.915. The number of rotatable bonds is 5. The first-order valence-electron chi connectivity index (χ1n) is 5.79. The van der Waals surface area contributed by atoms with E-state index in [0.29, 0.717) is 23.9 Å². The molecule has 4 nitrogen and oxygen atoms in total. The molecule has 1 heterocycles. The van der Waals surface area contributed by atoms with Gasteiger partial charge in [0.1, 0.15) is 12.4 Å². The molecule has 0 spiro atoms. The van der Waals surface area contributed by atoms with Crippen molar-refractivity contribution in [2.75, 3.05) is 7.11 Å². The Morgan fingerprint density at radius 3 is 2.68 bits per heavy atom. The van der Waals surface area contributed by atoms with E-state index in [2.05, 4.69) is 5.32 Å². The number of benzene rings is 1. The maximum Gasteiger partial charge on any atom is 0.287 e. The zero-order valence-electron chi connectivity index (χ0n) is 10.5. The molecule has 1 aromatic heterocycles. The van der Waals surface area contributed by atoms with Gasteiger partial charge < -0.3 is 14.5 Å². The summed E-state index contributed by atoms with van der Waals surface area (Å²) in [6, 6.07) is 10.6. The average molecular weight is 280 g/mol. The first-order valence-corrected chi connectivity index (χ1v) is 6.17. The molecule has 1 N–H and O–H groups in total. The van der Waals surface area contributed by atoms with E-state index in [1.165, 1.54) is 0 Å². The van der Waals surface area contributed by atoms with Crippen molar-refractivity contribution in [2.45, 2.75) is 13.2 Å². The van der Waals surface area contributed by atoms with E-state index < -0.39 is 0 Å². The highest BCUT2D eigenvalue weighted by molar-refractivity contribution is 6.30. The van der Waals surface area contributed by atoms with Crippen molar-refractivity contribution in [2.24, 2.45) is 0 Å². The largest absolute Gasteiger partial charge is 0.453 e. The van der Waals surface area contributed by atoms with Crippen molar-refractivity contribution < 1.29 is 13.9 Å². The van der Waals surface area contributed by atoms with Gasteiger partial charge in [-0.25, -0.2) is 0 Å². The van der Waals surface area contributed by atoms with Crippen molar-refractivity contribution >= 4 is 17.5 Å². The van der Waals surface area contributed by atoms with Gasteiger partial charge in [0, 0.05) is 18.7 Å². The van der Waals surface area contributed by atoms with Crippen LogP contribution in [-0.2, 0) is 17.9 Å². The van der Waals surface area contributed by atoms with Crippen molar-refractivity contribution in [3.63, 3.8) is 0 Å². The molecule has 1 amide bonds. The van der Waals surface area contributed by atoms with Crippen molar-refractivity contribution in [1.82, 2.24) is 5.32 Å². The van der Waals surface area contributed by atoms with Gasteiger partial charge in [0.25, 0.3) is 5.91 Å². The van der Waals surface area contributed by atoms with Crippen LogP contribution in [0.25, 0.3) is 0 Å². The zero-order valence-corrected chi connectivity index (χ0v) is 11.2.